The summed E-state index contributed by atoms with van der Waals surface area (Å²) in [5.74, 6) is 1.30. The number of ether oxygens (including phenoxy) is 2. The van der Waals surface area contributed by atoms with Gasteiger partial charge in [-0.2, -0.15) is 5.10 Å². The summed E-state index contributed by atoms with van der Waals surface area (Å²) in [6.45, 7) is 3.26. The Balaban J connectivity index is 1.60. The van der Waals surface area contributed by atoms with Crippen molar-refractivity contribution in [3.63, 3.8) is 0 Å². The fourth-order valence-corrected chi connectivity index (χ4v) is 4.60. The monoisotopic (exact) mass is 467 g/mol. The van der Waals surface area contributed by atoms with Gasteiger partial charge >= 0.3 is 0 Å². The molecular formula is C29H29N3O3. The van der Waals surface area contributed by atoms with Crippen LogP contribution in [0, 0.1) is 0 Å². The molecule has 3 aromatic carbocycles. The van der Waals surface area contributed by atoms with Crippen LogP contribution in [0.25, 0.3) is 11.3 Å². The Kier molecular flexibility index (Phi) is 6.53. The van der Waals surface area contributed by atoms with Gasteiger partial charge in [0.1, 0.15) is 5.69 Å². The number of hydrogen-bond acceptors (Lipinski definition) is 4. The van der Waals surface area contributed by atoms with Crippen molar-refractivity contribution >= 4 is 5.91 Å². The molecule has 0 bridgehead atoms. The molecule has 0 aliphatic carbocycles. The molecule has 2 heterocycles. The number of H-pyrrole nitrogens is 1. The van der Waals surface area contributed by atoms with Crippen molar-refractivity contribution in [2.75, 3.05) is 13.7 Å². The number of nitrogens with zero attached hydrogens (tertiary/aromatic N) is 2. The van der Waals surface area contributed by atoms with Crippen molar-refractivity contribution in [2.24, 2.45) is 0 Å². The van der Waals surface area contributed by atoms with Gasteiger partial charge in [-0.3, -0.25) is 9.89 Å². The van der Waals surface area contributed by atoms with E-state index in [1.165, 1.54) is 0 Å². The molecule has 5 rings (SSSR count). The summed E-state index contributed by atoms with van der Waals surface area (Å²) in [6.07, 6.45) is 2.04. The van der Waals surface area contributed by atoms with Crippen molar-refractivity contribution < 1.29 is 14.3 Å². The third-order valence-corrected chi connectivity index (χ3v) is 6.37. The number of carbonyl (C=O) groups excluding carboxylic acids is 1. The minimum atomic E-state index is -0.315. The van der Waals surface area contributed by atoms with Crippen molar-refractivity contribution in [1.82, 2.24) is 15.1 Å². The van der Waals surface area contributed by atoms with Gasteiger partial charge in [0, 0.05) is 17.7 Å². The second-order valence-electron chi connectivity index (χ2n) is 8.66. The van der Waals surface area contributed by atoms with Crippen molar-refractivity contribution in [1.29, 1.82) is 0 Å². The Morgan fingerprint density at radius 3 is 2.43 bits per heavy atom. The highest BCUT2D eigenvalue weighted by Crippen LogP contribution is 2.45. The first-order valence-corrected chi connectivity index (χ1v) is 12.0. The summed E-state index contributed by atoms with van der Waals surface area (Å²) in [7, 11) is 1.64. The van der Waals surface area contributed by atoms with E-state index in [4.69, 9.17) is 9.47 Å². The SMILES string of the molecule is CCCCOc1ccc(C2c3c(-c4ccccc4)n[nH]c3C(=O)N2Cc2ccccc2)cc1OC. The third kappa shape index (κ3) is 4.39. The molecule has 6 heteroatoms. The Bertz CT molecular complexity index is 1300. The van der Waals surface area contributed by atoms with E-state index in [0.29, 0.717) is 30.3 Å². The molecule has 0 fully saturated rings. The Hall–Kier alpha value is -4.06. The van der Waals surface area contributed by atoms with E-state index in [1.807, 2.05) is 83.8 Å². The van der Waals surface area contributed by atoms with Crippen LogP contribution in [0.4, 0.5) is 0 Å². The van der Waals surface area contributed by atoms with Crippen LogP contribution < -0.4 is 9.47 Å². The molecular weight excluding hydrogens is 438 g/mol. The van der Waals surface area contributed by atoms with E-state index in [2.05, 4.69) is 17.1 Å². The lowest BCUT2D eigenvalue weighted by atomic mass is 9.95. The average Bonchev–Trinajstić information content (AvgIpc) is 3.44. The van der Waals surface area contributed by atoms with Crippen LogP contribution in [0.15, 0.2) is 78.9 Å². The highest BCUT2D eigenvalue weighted by atomic mass is 16.5. The number of methoxy groups -OCH3 is 1. The lowest BCUT2D eigenvalue weighted by molar-refractivity contribution is 0.0730. The van der Waals surface area contributed by atoms with E-state index in [0.717, 1.165) is 40.8 Å². The summed E-state index contributed by atoms with van der Waals surface area (Å²) in [4.78, 5) is 15.5. The van der Waals surface area contributed by atoms with Gasteiger partial charge in [-0.15, -0.1) is 0 Å². The van der Waals surface area contributed by atoms with Gasteiger partial charge in [0.05, 0.1) is 25.5 Å². The molecule has 4 aromatic rings. The highest BCUT2D eigenvalue weighted by Gasteiger charge is 2.42. The van der Waals surface area contributed by atoms with Crippen LogP contribution >= 0.6 is 0 Å². The number of aromatic amines is 1. The zero-order chi connectivity index (χ0) is 24.2. The van der Waals surface area contributed by atoms with Gasteiger partial charge in [-0.05, 0) is 29.7 Å². The summed E-state index contributed by atoms with van der Waals surface area (Å²) in [5, 5.41) is 7.58. The second kappa shape index (κ2) is 10.1. The van der Waals surface area contributed by atoms with Gasteiger partial charge in [0.25, 0.3) is 5.91 Å². The molecule has 1 aromatic heterocycles. The predicted molar refractivity (Wildman–Crippen MR) is 136 cm³/mol. The van der Waals surface area contributed by atoms with Gasteiger partial charge in [0.2, 0.25) is 0 Å². The van der Waals surface area contributed by atoms with Crippen molar-refractivity contribution in [3.05, 3.63) is 101 Å². The number of amides is 1. The Morgan fingerprint density at radius 2 is 1.71 bits per heavy atom. The van der Waals surface area contributed by atoms with E-state index in [1.54, 1.807) is 7.11 Å². The maximum atomic E-state index is 13.6. The first-order valence-electron chi connectivity index (χ1n) is 12.0. The number of nitrogens with one attached hydrogen (secondary N) is 1. The Morgan fingerprint density at radius 1 is 0.971 bits per heavy atom. The molecule has 1 unspecified atom stereocenters. The summed E-state index contributed by atoms with van der Waals surface area (Å²) in [6, 6.07) is 25.6. The number of unbranched alkanes of at least 4 members (excludes halogenated alkanes) is 1. The molecule has 35 heavy (non-hydrogen) atoms. The zero-order valence-corrected chi connectivity index (χ0v) is 20.0. The number of carbonyl (C=O) groups is 1. The van der Waals surface area contributed by atoms with Crippen LogP contribution in [0.2, 0.25) is 0 Å². The van der Waals surface area contributed by atoms with E-state index >= 15 is 0 Å². The van der Waals surface area contributed by atoms with Crippen LogP contribution in [0.1, 0.15) is 53.0 Å². The minimum absolute atomic E-state index is 0.0641. The van der Waals surface area contributed by atoms with E-state index < -0.39 is 0 Å². The lowest BCUT2D eigenvalue weighted by Gasteiger charge is -2.27. The standard InChI is InChI=1S/C29H29N3O3/c1-3-4-17-35-23-16-15-22(18-24(23)34-2)28-25-26(21-13-9-6-10-14-21)30-31-27(25)29(33)32(28)19-20-11-7-5-8-12-20/h5-16,18,28H,3-4,17,19H2,1-2H3,(H,30,31). The number of fused-ring (bicyclic) bond motifs is 1. The van der Waals surface area contributed by atoms with Gasteiger partial charge in [-0.1, -0.05) is 80.1 Å². The summed E-state index contributed by atoms with van der Waals surface area (Å²) >= 11 is 0. The maximum absolute atomic E-state index is 13.6. The maximum Gasteiger partial charge on any atom is 0.273 e. The zero-order valence-electron chi connectivity index (χ0n) is 20.0. The van der Waals surface area contributed by atoms with Crippen LogP contribution in [-0.4, -0.2) is 34.7 Å². The molecule has 1 aliphatic heterocycles. The minimum Gasteiger partial charge on any atom is -0.493 e. The first-order chi connectivity index (χ1) is 17.2. The van der Waals surface area contributed by atoms with Crippen molar-refractivity contribution in [3.8, 4) is 22.8 Å². The molecule has 6 nitrogen and oxygen atoms in total. The Labute approximate surface area is 205 Å². The lowest BCUT2D eigenvalue weighted by Crippen LogP contribution is -2.29. The fraction of sp³-hybridized carbons (Fsp3) is 0.241. The molecule has 0 radical (unpaired) electrons. The summed E-state index contributed by atoms with van der Waals surface area (Å²) in [5.41, 5.74) is 5.20. The smallest absolute Gasteiger partial charge is 0.273 e. The molecule has 0 spiro atoms. The van der Waals surface area contributed by atoms with E-state index in [9.17, 15) is 4.79 Å². The molecule has 1 amide bonds. The number of hydrogen-bond donors (Lipinski definition) is 1. The molecule has 0 saturated heterocycles. The third-order valence-electron chi connectivity index (χ3n) is 6.37. The van der Waals surface area contributed by atoms with Crippen molar-refractivity contribution in [2.45, 2.75) is 32.4 Å². The quantitative estimate of drug-likeness (QED) is 0.306. The average molecular weight is 468 g/mol. The van der Waals surface area contributed by atoms with E-state index in [-0.39, 0.29) is 11.9 Å². The molecule has 178 valence electrons. The molecule has 1 N–H and O–H groups in total. The highest BCUT2D eigenvalue weighted by molar-refractivity contribution is 6.00. The molecule has 1 atom stereocenters. The second-order valence-corrected chi connectivity index (χ2v) is 8.66. The van der Waals surface area contributed by atoms with Crippen LogP contribution in [0.5, 0.6) is 11.5 Å². The van der Waals surface area contributed by atoms with Gasteiger partial charge < -0.3 is 14.4 Å². The topological polar surface area (TPSA) is 67.5 Å². The fourth-order valence-electron chi connectivity index (χ4n) is 4.60. The number of aromatic nitrogens is 2. The largest absolute Gasteiger partial charge is 0.493 e. The van der Waals surface area contributed by atoms with Gasteiger partial charge in [0.15, 0.2) is 11.5 Å². The number of rotatable bonds is 9. The van der Waals surface area contributed by atoms with Gasteiger partial charge in [-0.25, -0.2) is 0 Å². The number of benzene rings is 3. The molecule has 0 saturated carbocycles. The normalized spacial score (nSPS) is 14.7. The van der Waals surface area contributed by atoms with Crippen LogP contribution in [0.3, 0.4) is 0 Å². The summed E-state index contributed by atoms with van der Waals surface area (Å²) < 4.78 is 11.6. The van der Waals surface area contributed by atoms with Crippen LogP contribution in [-0.2, 0) is 6.54 Å². The predicted octanol–water partition coefficient (Wildman–Crippen LogP) is 6.01. The first kappa shape index (κ1) is 22.7. The molecule has 1 aliphatic rings.